The summed E-state index contributed by atoms with van der Waals surface area (Å²) in [5.41, 5.74) is 0. The highest BCUT2D eigenvalue weighted by Gasteiger charge is 2.23. The van der Waals surface area contributed by atoms with Gasteiger partial charge in [0.25, 0.3) is 0 Å². The molecule has 0 radical (unpaired) electrons. The van der Waals surface area contributed by atoms with Crippen LogP contribution in [0, 0.1) is 0 Å². The van der Waals surface area contributed by atoms with E-state index in [2.05, 4.69) is 0 Å². The van der Waals surface area contributed by atoms with Crippen LogP contribution in [0.5, 0.6) is 0 Å². The average Bonchev–Trinajstić information content (AvgIpc) is 1.88. The van der Waals surface area contributed by atoms with Gasteiger partial charge in [-0.1, -0.05) is 0 Å². The molecule has 0 spiro atoms. The Hall–Kier alpha value is -0.480. The monoisotopic (exact) mass is 181 g/mol. The van der Waals surface area contributed by atoms with E-state index in [0.29, 0.717) is 13.0 Å². The number of carbonyl (C=O) groups is 1. The first-order valence-electron chi connectivity index (χ1n) is 3.39. The summed E-state index contributed by atoms with van der Waals surface area (Å²) in [6.45, 7) is 0.469. The van der Waals surface area contributed by atoms with E-state index in [1.54, 1.807) is 0 Å². The molecule has 11 heavy (non-hydrogen) atoms. The summed E-state index contributed by atoms with van der Waals surface area (Å²) in [5.74, 6) is 0. The van der Waals surface area contributed by atoms with Crippen LogP contribution in [0.1, 0.15) is 19.3 Å². The van der Waals surface area contributed by atoms with Gasteiger partial charge >= 0.3 is 6.09 Å². The first-order chi connectivity index (χ1) is 4.72. The lowest BCUT2D eigenvalue weighted by Gasteiger charge is -2.29. The maximum atomic E-state index is 10.3. The lowest BCUT2D eigenvalue weighted by Crippen LogP contribution is -2.42. The Bertz CT molecular complexity index is 142. The van der Waals surface area contributed by atoms with Gasteiger partial charge in [0.15, 0.2) is 0 Å². The van der Waals surface area contributed by atoms with Crippen LogP contribution >= 0.6 is 12.4 Å². The predicted octanol–water partition coefficient (Wildman–Crippen LogP) is 0.891. The zero-order valence-corrected chi connectivity index (χ0v) is 6.88. The number of piperidine rings is 1. The van der Waals surface area contributed by atoms with Crippen molar-refractivity contribution in [2.45, 2.75) is 25.5 Å². The number of rotatable bonds is 0. The standard InChI is InChI=1S/C6H11NO3.ClH/c8-5-3-1-2-4-7(5)6(9)10;/h5,8H,1-4H2,(H,9,10);1H. The van der Waals surface area contributed by atoms with Crippen LogP contribution in [0.25, 0.3) is 0 Å². The van der Waals surface area contributed by atoms with Crippen molar-refractivity contribution < 1.29 is 15.0 Å². The van der Waals surface area contributed by atoms with Crippen LogP contribution in [0.3, 0.4) is 0 Å². The molecule has 0 aliphatic carbocycles. The van der Waals surface area contributed by atoms with Crippen molar-refractivity contribution in [2.75, 3.05) is 6.54 Å². The Morgan fingerprint density at radius 3 is 2.45 bits per heavy atom. The largest absolute Gasteiger partial charge is 0.465 e. The third-order valence-electron chi connectivity index (χ3n) is 1.72. The molecule has 1 atom stereocenters. The first kappa shape index (κ1) is 10.5. The second-order valence-corrected chi connectivity index (χ2v) is 2.45. The zero-order chi connectivity index (χ0) is 7.56. The molecule has 4 nitrogen and oxygen atoms in total. The van der Waals surface area contributed by atoms with E-state index in [-0.39, 0.29) is 12.4 Å². The van der Waals surface area contributed by atoms with E-state index < -0.39 is 12.3 Å². The average molecular weight is 182 g/mol. The molecule has 1 aliphatic heterocycles. The smallest absolute Gasteiger partial charge is 0.409 e. The zero-order valence-electron chi connectivity index (χ0n) is 6.06. The molecule has 5 heteroatoms. The van der Waals surface area contributed by atoms with E-state index in [0.717, 1.165) is 17.7 Å². The number of hydrogen-bond acceptors (Lipinski definition) is 2. The Labute approximate surface area is 71.2 Å². The van der Waals surface area contributed by atoms with Gasteiger partial charge in [0.05, 0.1) is 0 Å². The van der Waals surface area contributed by atoms with Crippen LogP contribution < -0.4 is 0 Å². The second kappa shape index (κ2) is 4.41. The summed E-state index contributed by atoms with van der Waals surface area (Å²) < 4.78 is 0. The molecule has 0 aromatic heterocycles. The Kier molecular flexibility index (Phi) is 4.22. The van der Waals surface area contributed by atoms with Crippen molar-refractivity contribution >= 4 is 18.5 Å². The molecule has 1 unspecified atom stereocenters. The summed E-state index contributed by atoms with van der Waals surface area (Å²) in [4.78, 5) is 11.4. The van der Waals surface area contributed by atoms with Crippen molar-refractivity contribution in [2.24, 2.45) is 0 Å². The molecule has 1 amide bonds. The van der Waals surface area contributed by atoms with Crippen LogP contribution in [-0.2, 0) is 0 Å². The second-order valence-electron chi connectivity index (χ2n) is 2.45. The van der Waals surface area contributed by atoms with Gasteiger partial charge in [-0.3, -0.25) is 4.90 Å². The molecule has 1 heterocycles. The maximum Gasteiger partial charge on any atom is 0.409 e. The van der Waals surface area contributed by atoms with Gasteiger partial charge in [-0.2, -0.15) is 0 Å². The minimum absolute atomic E-state index is 0. The SMILES string of the molecule is Cl.O=C(O)N1CCCCC1O. The highest BCUT2D eigenvalue weighted by Crippen LogP contribution is 2.13. The van der Waals surface area contributed by atoms with E-state index >= 15 is 0 Å². The minimum Gasteiger partial charge on any atom is -0.465 e. The van der Waals surface area contributed by atoms with Crippen molar-refractivity contribution in [3.8, 4) is 0 Å². The molecule has 1 aliphatic rings. The lowest BCUT2D eigenvalue weighted by atomic mass is 10.1. The number of halogens is 1. The molecule has 66 valence electrons. The Morgan fingerprint density at radius 1 is 1.45 bits per heavy atom. The molecule has 0 saturated carbocycles. The quantitative estimate of drug-likeness (QED) is 0.584. The van der Waals surface area contributed by atoms with E-state index in [4.69, 9.17) is 10.2 Å². The number of likely N-dealkylation sites (tertiary alicyclic amines) is 1. The highest BCUT2D eigenvalue weighted by molar-refractivity contribution is 5.85. The maximum absolute atomic E-state index is 10.3. The molecule has 0 aromatic carbocycles. The van der Waals surface area contributed by atoms with Crippen molar-refractivity contribution in [3.05, 3.63) is 0 Å². The first-order valence-corrected chi connectivity index (χ1v) is 3.39. The summed E-state index contributed by atoms with van der Waals surface area (Å²) in [5, 5.41) is 17.6. The molecule has 2 N–H and O–H groups in total. The van der Waals surface area contributed by atoms with Crippen molar-refractivity contribution in [1.82, 2.24) is 4.90 Å². The van der Waals surface area contributed by atoms with Gasteiger partial charge in [0.2, 0.25) is 0 Å². The summed E-state index contributed by atoms with van der Waals surface area (Å²) >= 11 is 0. The van der Waals surface area contributed by atoms with E-state index in [1.807, 2.05) is 0 Å². The number of aliphatic hydroxyl groups excluding tert-OH is 1. The van der Waals surface area contributed by atoms with Gasteiger partial charge < -0.3 is 10.2 Å². The van der Waals surface area contributed by atoms with Gasteiger partial charge in [0.1, 0.15) is 6.23 Å². The third-order valence-corrected chi connectivity index (χ3v) is 1.72. The predicted molar refractivity (Wildman–Crippen MR) is 41.8 cm³/mol. The van der Waals surface area contributed by atoms with Gasteiger partial charge in [-0.15, -0.1) is 12.4 Å². The number of hydrogen-bond donors (Lipinski definition) is 2. The fourth-order valence-electron chi connectivity index (χ4n) is 1.14. The molecule has 1 saturated heterocycles. The Morgan fingerprint density at radius 2 is 2.09 bits per heavy atom. The summed E-state index contributed by atoms with van der Waals surface area (Å²) in [6.07, 6.45) is 0.569. The number of nitrogens with zero attached hydrogens (tertiary/aromatic N) is 1. The fraction of sp³-hybridized carbons (Fsp3) is 0.833. The lowest BCUT2D eigenvalue weighted by molar-refractivity contribution is -0.0113. The van der Waals surface area contributed by atoms with Crippen LogP contribution in [0.2, 0.25) is 0 Å². The van der Waals surface area contributed by atoms with Crippen molar-refractivity contribution in [1.29, 1.82) is 0 Å². The van der Waals surface area contributed by atoms with Gasteiger partial charge in [0, 0.05) is 6.54 Å². The molecular formula is C6H12ClNO3. The van der Waals surface area contributed by atoms with E-state index in [9.17, 15) is 4.79 Å². The fourth-order valence-corrected chi connectivity index (χ4v) is 1.14. The van der Waals surface area contributed by atoms with Gasteiger partial charge in [-0.05, 0) is 19.3 Å². The minimum atomic E-state index is -1.02. The summed E-state index contributed by atoms with van der Waals surface area (Å²) in [6, 6.07) is 0. The van der Waals surface area contributed by atoms with E-state index in [1.165, 1.54) is 0 Å². The number of amides is 1. The normalized spacial score (nSPS) is 24.1. The Balaban J connectivity index is 0.000001000. The van der Waals surface area contributed by atoms with Crippen molar-refractivity contribution in [3.63, 3.8) is 0 Å². The van der Waals surface area contributed by atoms with Crippen LogP contribution in [-0.4, -0.2) is 34.0 Å². The number of carboxylic acid groups (broad SMARTS) is 1. The molecule has 1 rings (SSSR count). The summed E-state index contributed by atoms with van der Waals surface area (Å²) in [7, 11) is 0. The van der Waals surface area contributed by atoms with Crippen LogP contribution in [0.15, 0.2) is 0 Å². The van der Waals surface area contributed by atoms with Gasteiger partial charge in [-0.25, -0.2) is 4.79 Å². The molecule has 1 fully saturated rings. The topological polar surface area (TPSA) is 60.8 Å². The molecule has 0 bridgehead atoms. The van der Waals surface area contributed by atoms with Crippen LogP contribution in [0.4, 0.5) is 4.79 Å². The third kappa shape index (κ3) is 2.55. The number of aliphatic hydroxyl groups is 1. The highest BCUT2D eigenvalue weighted by atomic mass is 35.5. The molecule has 0 aromatic rings. The molecular weight excluding hydrogens is 170 g/mol.